The molecule has 2 rings (SSSR count). The van der Waals surface area contributed by atoms with Crippen LogP contribution >= 0.6 is 11.3 Å². The summed E-state index contributed by atoms with van der Waals surface area (Å²) >= 11 is 1.53. The minimum atomic E-state index is -0.851. The van der Waals surface area contributed by atoms with Gasteiger partial charge in [0.15, 0.2) is 0 Å². The maximum atomic E-state index is 10.6. The number of carbonyl (C=O) groups is 1. The molecule has 0 saturated heterocycles. The molecule has 5 heteroatoms. The van der Waals surface area contributed by atoms with E-state index in [1.807, 2.05) is 37.6 Å². The van der Waals surface area contributed by atoms with E-state index < -0.39 is 11.4 Å². The molecule has 1 heterocycles. The molecule has 0 amide bonds. The normalized spacial score (nSPS) is 13.9. The lowest BCUT2D eigenvalue weighted by Gasteiger charge is -2.29. The minimum absolute atomic E-state index is 0.0294. The fourth-order valence-corrected chi connectivity index (χ4v) is 3.45. The highest BCUT2D eigenvalue weighted by atomic mass is 32.1. The lowest BCUT2D eigenvalue weighted by molar-refractivity contribution is -0.137. The molecular weight excluding hydrogens is 344 g/mol. The predicted octanol–water partition coefficient (Wildman–Crippen LogP) is 5.05. The summed E-state index contributed by atoms with van der Waals surface area (Å²) in [5.41, 5.74) is 8.42. The van der Waals surface area contributed by atoms with Crippen molar-refractivity contribution in [2.45, 2.75) is 52.0 Å². The SMILES string of the molecule is CC(C)C(C#N)(CCC(=O)O)c1ccsc1.Cc1ccc([C@@H](C)N)cc1. The molecule has 0 saturated carbocycles. The van der Waals surface area contributed by atoms with Crippen molar-refractivity contribution in [1.82, 2.24) is 0 Å². The number of benzene rings is 1. The summed E-state index contributed by atoms with van der Waals surface area (Å²) in [5.74, 6) is -0.748. The van der Waals surface area contributed by atoms with Gasteiger partial charge in [0.2, 0.25) is 0 Å². The van der Waals surface area contributed by atoms with Gasteiger partial charge in [0.25, 0.3) is 0 Å². The second kappa shape index (κ2) is 10.1. The Morgan fingerprint density at radius 1 is 1.27 bits per heavy atom. The molecule has 4 nitrogen and oxygen atoms in total. The average molecular weight is 373 g/mol. The zero-order chi connectivity index (χ0) is 19.7. The first-order chi connectivity index (χ1) is 12.2. The molecule has 1 aromatic heterocycles. The lowest BCUT2D eigenvalue weighted by atomic mass is 9.71. The molecule has 2 aromatic rings. The summed E-state index contributed by atoms with van der Waals surface area (Å²) in [6.45, 7) is 7.99. The van der Waals surface area contributed by atoms with E-state index >= 15 is 0 Å². The Morgan fingerprint density at radius 3 is 2.27 bits per heavy atom. The van der Waals surface area contributed by atoms with E-state index in [0.29, 0.717) is 6.42 Å². The van der Waals surface area contributed by atoms with Gasteiger partial charge in [0.1, 0.15) is 0 Å². The van der Waals surface area contributed by atoms with Gasteiger partial charge in [0, 0.05) is 12.5 Å². The topological polar surface area (TPSA) is 87.1 Å². The molecule has 0 spiro atoms. The van der Waals surface area contributed by atoms with E-state index in [0.717, 1.165) is 5.56 Å². The van der Waals surface area contributed by atoms with Gasteiger partial charge in [-0.2, -0.15) is 16.6 Å². The maximum Gasteiger partial charge on any atom is 0.303 e. The number of nitrogens with two attached hydrogens (primary N) is 1. The molecule has 0 aliphatic carbocycles. The van der Waals surface area contributed by atoms with Crippen molar-refractivity contribution in [1.29, 1.82) is 5.26 Å². The molecule has 0 radical (unpaired) electrons. The Balaban J connectivity index is 0.000000289. The number of carboxylic acid groups (broad SMARTS) is 1. The largest absolute Gasteiger partial charge is 0.481 e. The molecule has 0 fully saturated rings. The molecule has 0 aliphatic heterocycles. The number of hydrogen-bond donors (Lipinski definition) is 2. The summed E-state index contributed by atoms with van der Waals surface area (Å²) in [6.07, 6.45) is 0.398. The second-order valence-electron chi connectivity index (χ2n) is 6.84. The third-order valence-electron chi connectivity index (χ3n) is 4.56. The van der Waals surface area contributed by atoms with Gasteiger partial charge < -0.3 is 10.8 Å². The van der Waals surface area contributed by atoms with Gasteiger partial charge >= 0.3 is 5.97 Å². The van der Waals surface area contributed by atoms with Crippen LogP contribution in [0, 0.1) is 24.2 Å². The van der Waals surface area contributed by atoms with Crippen LogP contribution in [-0.4, -0.2) is 11.1 Å². The van der Waals surface area contributed by atoms with Gasteiger partial charge in [-0.25, -0.2) is 0 Å². The van der Waals surface area contributed by atoms with Crippen LogP contribution in [0.15, 0.2) is 41.1 Å². The van der Waals surface area contributed by atoms with E-state index in [-0.39, 0.29) is 18.4 Å². The zero-order valence-electron chi connectivity index (χ0n) is 15.9. The van der Waals surface area contributed by atoms with E-state index in [1.54, 1.807) is 0 Å². The fraction of sp³-hybridized carbons (Fsp3) is 0.429. The van der Waals surface area contributed by atoms with Crippen molar-refractivity contribution in [3.63, 3.8) is 0 Å². The lowest BCUT2D eigenvalue weighted by Crippen LogP contribution is -2.31. The van der Waals surface area contributed by atoms with E-state index in [4.69, 9.17) is 10.8 Å². The summed E-state index contributed by atoms with van der Waals surface area (Å²) in [5, 5.41) is 22.0. The van der Waals surface area contributed by atoms with Crippen molar-refractivity contribution in [3.8, 4) is 6.07 Å². The highest BCUT2D eigenvalue weighted by Gasteiger charge is 2.36. The molecule has 3 N–H and O–H groups in total. The summed E-state index contributed by atoms with van der Waals surface area (Å²) in [6, 6.07) is 12.7. The van der Waals surface area contributed by atoms with Gasteiger partial charge in [-0.1, -0.05) is 43.7 Å². The quantitative estimate of drug-likeness (QED) is 0.743. The Hall–Kier alpha value is -2.16. The van der Waals surface area contributed by atoms with E-state index in [1.165, 1.54) is 22.5 Å². The first kappa shape index (κ1) is 21.9. The molecule has 140 valence electrons. The molecule has 1 aromatic carbocycles. The van der Waals surface area contributed by atoms with Crippen molar-refractivity contribution in [2.24, 2.45) is 11.7 Å². The van der Waals surface area contributed by atoms with E-state index in [9.17, 15) is 10.1 Å². The monoisotopic (exact) mass is 372 g/mol. The molecule has 0 aliphatic rings. The van der Waals surface area contributed by atoms with Crippen LogP contribution in [0.5, 0.6) is 0 Å². The van der Waals surface area contributed by atoms with Crippen LogP contribution in [0.1, 0.15) is 56.3 Å². The number of aryl methyl sites for hydroxylation is 1. The highest BCUT2D eigenvalue weighted by Crippen LogP contribution is 2.37. The highest BCUT2D eigenvalue weighted by molar-refractivity contribution is 7.08. The van der Waals surface area contributed by atoms with Crippen LogP contribution in [-0.2, 0) is 10.2 Å². The van der Waals surface area contributed by atoms with Crippen molar-refractivity contribution in [2.75, 3.05) is 0 Å². The Bertz CT molecular complexity index is 715. The van der Waals surface area contributed by atoms with Crippen molar-refractivity contribution in [3.05, 3.63) is 57.8 Å². The number of rotatable bonds is 6. The van der Waals surface area contributed by atoms with Gasteiger partial charge in [-0.05, 0) is 54.1 Å². The standard InChI is InChI=1S/C12H15NO2S.C9H13N/c1-9(2)12(8-13,5-3-11(14)15)10-4-6-16-7-10;1-7-3-5-9(6-4-7)8(2)10/h4,6-7,9H,3,5H2,1-2H3,(H,14,15);3-6,8H,10H2,1-2H3/t;8-/m.1/s1. The first-order valence-corrected chi connectivity index (χ1v) is 9.65. The number of carboxylic acids is 1. The van der Waals surface area contributed by atoms with Crippen LogP contribution in [0.4, 0.5) is 0 Å². The maximum absolute atomic E-state index is 10.6. The summed E-state index contributed by atoms with van der Waals surface area (Å²) < 4.78 is 0. The predicted molar refractivity (Wildman–Crippen MR) is 107 cm³/mol. The third-order valence-corrected chi connectivity index (χ3v) is 5.24. The smallest absolute Gasteiger partial charge is 0.303 e. The van der Waals surface area contributed by atoms with Crippen molar-refractivity contribution >= 4 is 17.3 Å². The van der Waals surface area contributed by atoms with Crippen LogP contribution in [0.25, 0.3) is 0 Å². The minimum Gasteiger partial charge on any atom is -0.481 e. The number of nitrogens with zero attached hydrogens (tertiary/aromatic N) is 1. The number of thiophene rings is 1. The van der Waals surface area contributed by atoms with Crippen LogP contribution < -0.4 is 5.73 Å². The number of nitriles is 1. The van der Waals surface area contributed by atoms with Gasteiger partial charge in [-0.3, -0.25) is 4.79 Å². The molecule has 2 atom stereocenters. The Labute approximate surface area is 160 Å². The number of aliphatic carboxylic acids is 1. The Kier molecular flexibility index (Phi) is 8.50. The van der Waals surface area contributed by atoms with Crippen LogP contribution in [0.3, 0.4) is 0 Å². The number of hydrogen-bond acceptors (Lipinski definition) is 4. The van der Waals surface area contributed by atoms with Crippen molar-refractivity contribution < 1.29 is 9.90 Å². The summed E-state index contributed by atoms with van der Waals surface area (Å²) in [4.78, 5) is 10.6. The Morgan fingerprint density at radius 2 is 1.88 bits per heavy atom. The van der Waals surface area contributed by atoms with Gasteiger partial charge in [0.05, 0.1) is 11.5 Å². The summed E-state index contributed by atoms with van der Waals surface area (Å²) in [7, 11) is 0. The molecule has 0 bridgehead atoms. The molecular formula is C21H28N2O2S. The van der Waals surface area contributed by atoms with Crippen LogP contribution in [0.2, 0.25) is 0 Å². The molecule has 1 unspecified atom stereocenters. The molecule has 26 heavy (non-hydrogen) atoms. The zero-order valence-corrected chi connectivity index (χ0v) is 16.7. The van der Waals surface area contributed by atoms with E-state index in [2.05, 4.69) is 37.3 Å². The average Bonchev–Trinajstić information content (AvgIpc) is 3.11. The first-order valence-electron chi connectivity index (χ1n) is 8.70. The van der Waals surface area contributed by atoms with Gasteiger partial charge in [-0.15, -0.1) is 0 Å². The third kappa shape index (κ3) is 5.98. The fourth-order valence-electron chi connectivity index (χ4n) is 2.71. The second-order valence-corrected chi connectivity index (χ2v) is 7.62.